The first-order valence-electron chi connectivity index (χ1n) is 11.4. The van der Waals surface area contributed by atoms with Gasteiger partial charge in [-0.25, -0.2) is 0 Å². The van der Waals surface area contributed by atoms with E-state index in [9.17, 15) is 4.79 Å². The summed E-state index contributed by atoms with van der Waals surface area (Å²) in [6, 6.07) is 6.44. The molecule has 174 valence electrons. The molecule has 3 atom stereocenters. The average Bonchev–Trinajstić information content (AvgIpc) is 3.21. The van der Waals surface area contributed by atoms with E-state index in [4.69, 9.17) is 18.9 Å². The van der Waals surface area contributed by atoms with E-state index >= 15 is 0 Å². The highest BCUT2D eigenvalue weighted by molar-refractivity contribution is 5.71. The monoisotopic (exact) mass is 434 g/mol. The van der Waals surface area contributed by atoms with Crippen molar-refractivity contribution in [2.75, 3.05) is 54.6 Å². The summed E-state index contributed by atoms with van der Waals surface area (Å²) in [5, 5.41) is 0. The molecule has 1 saturated carbocycles. The number of esters is 1. The lowest BCUT2D eigenvalue weighted by Gasteiger charge is -2.37. The molecule has 2 fully saturated rings. The van der Waals surface area contributed by atoms with Gasteiger partial charge in [-0.15, -0.1) is 0 Å². The Labute approximate surface area is 186 Å². The normalized spacial score (nSPS) is 24.4. The van der Waals surface area contributed by atoms with Crippen LogP contribution in [0, 0.1) is 0 Å². The SMILES string of the molecule is COc1ccc(CCO[C@@H]2CCCC[C@H]2N2CCC(OC(=O)CN(C)C)C2)cc1OC. The largest absolute Gasteiger partial charge is 0.493 e. The number of carbonyl (C=O) groups excluding carboxylic acids is 1. The van der Waals surface area contributed by atoms with E-state index in [0.717, 1.165) is 50.3 Å². The van der Waals surface area contributed by atoms with Crippen LogP contribution in [0.4, 0.5) is 0 Å². The number of methoxy groups -OCH3 is 2. The molecule has 1 aromatic carbocycles. The molecule has 1 aliphatic heterocycles. The van der Waals surface area contributed by atoms with E-state index in [-0.39, 0.29) is 18.2 Å². The van der Waals surface area contributed by atoms with E-state index in [1.165, 1.54) is 18.4 Å². The third-order valence-electron chi connectivity index (χ3n) is 6.23. The summed E-state index contributed by atoms with van der Waals surface area (Å²) < 4.78 is 22.8. The zero-order chi connectivity index (χ0) is 22.2. The minimum Gasteiger partial charge on any atom is -0.493 e. The first-order chi connectivity index (χ1) is 15.0. The number of likely N-dealkylation sites (tertiary alicyclic amines) is 1. The molecule has 0 amide bonds. The van der Waals surface area contributed by atoms with Crippen LogP contribution < -0.4 is 9.47 Å². The maximum Gasteiger partial charge on any atom is 0.320 e. The molecule has 0 spiro atoms. The molecule has 7 nitrogen and oxygen atoms in total. The van der Waals surface area contributed by atoms with Crippen molar-refractivity contribution >= 4 is 5.97 Å². The maximum atomic E-state index is 12.0. The molecule has 3 rings (SSSR count). The average molecular weight is 435 g/mol. The van der Waals surface area contributed by atoms with Crippen LogP contribution in [0.3, 0.4) is 0 Å². The van der Waals surface area contributed by atoms with Gasteiger partial charge in [0.05, 0.1) is 33.5 Å². The summed E-state index contributed by atoms with van der Waals surface area (Å²) in [6.45, 7) is 2.81. The third kappa shape index (κ3) is 6.82. The Morgan fingerprint density at radius 1 is 1.10 bits per heavy atom. The van der Waals surface area contributed by atoms with E-state index in [0.29, 0.717) is 19.2 Å². The molecule has 1 saturated heterocycles. The number of rotatable bonds is 10. The van der Waals surface area contributed by atoms with Gasteiger partial charge in [0.1, 0.15) is 6.10 Å². The third-order valence-corrected chi connectivity index (χ3v) is 6.23. The number of ether oxygens (including phenoxy) is 4. The number of likely N-dealkylation sites (N-methyl/N-ethyl adjacent to an activating group) is 1. The van der Waals surface area contributed by atoms with Gasteiger partial charge in [-0.2, -0.15) is 0 Å². The van der Waals surface area contributed by atoms with Gasteiger partial charge < -0.3 is 18.9 Å². The lowest BCUT2D eigenvalue weighted by Crippen LogP contribution is -2.46. The van der Waals surface area contributed by atoms with E-state index < -0.39 is 0 Å². The Morgan fingerprint density at radius 2 is 1.87 bits per heavy atom. The lowest BCUT2D eigenvalue weighted by atomic mass is 9.91. The highest BCUT2D eigenvalue weighted by Gasteiger charge is 2.36. The first-order valence-corrected chi connectivity index (χ1v) is 11.4. The molecule has 0 bridgehead atoms. The van der Waals surface area contributed by atoms with E-state index in [1.54, 1.807) is 14.2 Å². The van der Waals surface area contributed by atoms with Crippen molar-refractivity contribution < 1.29 is 23.7 Å². The summed E-state index contributed by atoms with van der Waals surface area (Å²) in [7, 11) is 7.07. The molecular formula is C24H38N2O5. The molecule has 0 N–H and O–H groups in total. The molecule has 1 aromatic rings. The van der Waals surface area contributed by atoms with Crippen molar-refractivity contribution in [1.82, 2.24) is 9.80 Å². The molecular weight excluding hydrogens is 396 g/mol. The van der Waals surface area contributed by atoms with Crippen LogP contribution in [-0.4, -0.2) is 88.6 Å². The van der Waals surface area contributed by atoms with Crippen LogP contribution >= 0.6 is 0 Å². The summed E-state index contributed by atoms with van der Waals surface area (Å²) in [4.78, 5) is 16.3. The molecule has 31 heavy (non-hydrogen) atoms. The van der Waals surface area contributed by atoms with Crippen LogP contribution in [0.2, 0.25) is 0 Å². The zero-order valence-corrected chi connectivity index (χ0v) is 19.5. The van der Waals surface area contributed by atoms with Crippen LogP contribution in [0.15, 0.2) is 18.2 Å². The smallest absolute Gasteiger partial charge is 0.320 e. The lowest BCUT2D eigenvalue weighted by molar-refractivity contribution is -0.149. The number of nitrogens with zero attached hydrogens (tertiary/aromatic N) is 2. The van der Waals surface area contributed by atoms with Gasteiger partial charge in [-0.3, -0.25) is 14.6 Å². The van der Waals surface area contributed by atoms with Crippen molar-refractivity contribution in [1.29, 1.82) is 0 Å². The standard InChI is InChI=1S/C24H38N2O5/c1-25(2)17-24(27)31-19-11-13-26(16-19)20-7-5-6-8-21(20)30-14-12-18-9-10-22(28-3)23(15-18)29-4/h9-10,15,19-21H,5-8,11-14,16-17H2,1-4H3/t19?,20-,21-/m1/s1. The summed E-state index contributed by atoms with van der Waals surface area (Å²) in [6.07, 6.45) is 6.70. The van der Waals surface area contributed by atoms with Gasteiger partial charge in [-0.05, 0) is 57.5 Å². The second kappa shape index (κ2) is 11.7. The fraction of sp³-hybridized carbons (Fsp3) is 0.708. The van der Waals surface area contributed by atoms with Crippen molar-refractivity contribution in [3.8, 4) is 11.5 Å². The first kappa shape index (κ1) is 23.8. The summed E-state index contributed by atoms with van der Waals surface area (Å²) >= 11 is 0. The number of hydrogen-bond acceptors (Lipinski definition) is 7. The molecule has 0 radical (unpaired) electrons. The Kier molecular flexibility index (Phi) is 8.99. The quantitative estimate of drug-likeness (QED) is 0.525. The van der Waals surface area contributed by atoms with Gasteiger partial charge >= 0.3 is 5.97 Å². The van der Waals surface area contributed by atoms with E-state index in [2.05, 4.69) is 11.0 Å². The molecule has 1 heterocycles. The second-order valence-electron chi connectivity index (χ2n) is 8.83. The van der Waals surface area contributed by atoms with E-state index in [1.807, 2.05) is 31.1 Å². The number of carbonyl (C=O) groups is 1. The Balaban J connectivity index is 1.49. The molecule has 1 aliphatic carbocycles. The van der Waals surface area contributed by atoms with Gasteiger partial charge in [0, 0.05) is 19.1 Å². The number of hydrogen-bond donors (Lipinski definition) is 0. The van der Waals surface area contributed by atoms with Gasteiger partial charge in [-0.1, -0.05) is 18.9 Å². The van der Waals surface area contributed by atoms with Gasteiger partial charge in [0.2, 0.25) is 0 Å². The second-order valence-corrected chi connectivity index (χ2v) is 8.83. The van der Waals surface area contributed by atoms with Crippen molar-refractivity contribution in [3.63, 3.8) is 0 Å². The van der Waals surface area contributed by atoms with Crippen molar-refractivity contribution in [2.24, 2.45) is 0 Å². The highest BCUT2D eigenvalue weighted by atomic mass is 16.5. The predicted octanol–water partition coefficient (Wildman–Crippen LogP) is 2.75. The Morgan fingerprint density at radius 3 is 2.61 bits per heavy atom. The molecule has 7 heteroatoms. The topological polar surface area (TPSA) is 60.5 Å². The van der Waals surface area contributed by atoms with Gasteiger partial charge in [0.25, 0.3) is 0 Å². The highest BCUT2D eigenvalue weighted by Crippen LogP contribution is 2.30. The fourth-order valence-corrected chi connectivity index (χ4v) is 4.69. The zero-order valence-electron chi connectivity index (χ0n) is 19.5. The predicted molar refractivity (Wildman–Crippen MR) is 120 cm³/mol. The Bertz CT molecular complexity index is 711. The van der Waals surface area contributed by atoms with Crippen molar-refractivity contribution in [2.45, 2.75) is 56.8 Å². The maximum absolute atomic E-state index is 12.0. The van der Waals surface area contributed by atoms with Gasteiger partial charge in [0.15, 0.2) is 11.5 Å². The fourth-order valence-electron chi connectivity index (χ4n) is 4.69. The number of benzene rings is 1. The van der Waals surface area contributed by atoms with Crippen molar-refractivity contribution in [3.05, 3.63) is 23.8 Å². The van der Waals surface area contributed by atoms with Crippen LogP contribution in [0.5, 0.6) is 11.5 Å². The minimum absolute atomic E-state index is 0.00166. The van der Waals surface area contributed by atoms with Crippen LogP contribution in [-0.2, 0) is 20.7 Å². The van der Waals surface area contributed by atoms with Crippen LogP contribution in [0.25, 0.3) is 0 Å². The molecule has 1 unspecified atom stereocenters. The Hall–Kier alpha value is -1.83. The molecule has 0 aromatic heterocycles. The summed E-state index contributed by atoms with van der Waals surface area (Å²) in [5.41, 5.74) is 1.18. The minimum atomic E-state index is -0.136. The van der Waals surface area contributed by atoms with Crippen LogP contribution in [0.1, 0.15) is 37.7 Å². The summed E-state index contributed by atoms with van der Waals surface area (Å²) in [5.74, 6) is 1.36. The molecule has 2 aliphatic rings.